The van der Waals surface area contributed by atoms with Gasteiger partial charge in [0.2, 0.25) is 0 Å². The number of carbonyl (C=O) groups is 1. The fourth-order valence-electron chi connectivity index (χ4n) is 3.05. The van der Waals surface area contributed by atoms with Gasteiger partial charge in [0.25, 0.3) is 5.91 Å². The molecule has 0 unspecified atom stereocenters. The van der Waals surface area contributed by atoms with Crippen LogP contribution >= 0.6 is 0 Å². The molecule has 1 aromatic heterocycles. The molecule has 7 heteroatoms. The van der Waals surface area contributed by atoms with Gasteiger partial charge in [0, 0.05) is 18.0 Å². The van der Waals surface area contributed by atoms with Crippen LogP contribution in [0.1, 0.15) is 48.5 Å². The lowest BCUT2D eigenvalue weighted by atomic mass is 10.2. The first-order chi connectivity index (χ1) is 16.7. The molecule has 1 heterocycles. The summed E-state index contributed by atoms with van der Waals surface area (Å²) in [6.07, 6.45) is 9.47. The van der Waals surface area contributed by atoms with Gasteiger partial charge in [-0.05, 0) is 72.6 Å². The minimum absolute atomic E-state index is 0.289. The first-order valence-electron chi connectivity index (χ1n) is 11.6. The molecule has 178 valence electrons. The van der Waals surface area contributed by atoms with E-state index in [1.54, 1.807) is 30.7 Å². The lowest BCUT2D eigenvalue weighted by Gasteiger charge is -2.10. The van der Waals surface area contributed by atoms with E-state index in [0.717, 1.165) is 35.8 Å². The van der Waals surface area contributed by atoms with Crippen molar-refractivity contribution in [2.45, 2.75) is 32.6 Å². The van der Waals surface area contributed by atoms with Gasteiger partial charge in [0.1, 0.15) is 30.5 Å². The molecule has 7 nitrogen and oxygen atoms in total. The van der Waals surface area contributed by atoms with E-state index in [-0.39, 0.29) is 5.91 Å². The Labute approximate surface area is 200 Å². The number of nitrogens with zero attached hydrogens (tertiary/aromatic N) is 2. The summed E-state index contributed by atoms with van der Waals surface area (Å²) in [5.41, 5.74) is 3.83. The monoisotopic (exact) mass is 461 g/mol. The second-order valence-electron chi connectivity index (χ2n) is 7.58. The van der Waals surface area contributed by atoms with Crippen LogP contribution in [0.5, 0.6) is 17.2 Å². The molecule has 0 bridgehead atoms. The van der Waals surface area contributed by atoms with Gasteiger partial charge in [-0.25, -0.2) is 5.43 Å². The smallest absolute Gasteiger partial charge is 0.271 e. The highest BCUT2D eigenvalue weighted by Gasteiger charge is 2.02. The topological polar surface area (TPSA) is 82.0 Å². The normalized spacial score (nSPS) is 10.7. The lowest BCUT2D eigenvalue weighted by molar-refractivity contribution is 0.0955. The first-order valence-corrected chi connectivity index (χ1v) is 11.6. The molecule has 1 amide bonds. The number of hydrogen-bond donors (Lipinski definition) is 1. The highest BCUT2D eigenvalue weighted by Crippen LogP contribution is 2.18. The number of amides is 1. The third-order valence-corrected chi connectivity index (χ3v) is 4.91. The van der Waals surface area contributed by atoms with E-state index in [1.165, 1.54) is 19.3 Å². The summed E-state index contributed by atoms with van der Waals surface area (Å²) in [5, 5.41) is 3.98. The van der Waals surface area contributed by atoms with E-state index in [1.807, 2.05) is 48.5 Å². The summed E-state index contributed by atoms with van der Waals surface area (Å²) in [5.74, 6) is 2.08. The van der Waals surface area contributed by atoms with Crippen molar-refractivity contribution < 1.29 is 19.0 Å². The van der Waals surface area contributed by atoms with E-state index in [4.69, 9.17) is 14.2 Å². The van der Waals surface area contributed by atoms with Gasteiger partial charge in [-0.1, -0.05) is 26.2 Å². The fourth-order valence-corrected chi connectivity index (χ4v) is 3.05. The minimum atomic E-state index is -0.289. The molecular formula is C27H31N3O4. The Bertz CT molecular complexity index is 1010. The summed E-state index contributed by atoms with van der Waals surface area (Å²) in [6, 6.07) is 18.3. The van der Waals surface area contributed by atoms with Crippen LogP contribution in [0.3, 0.4) is 0 Å². The van der Waals surface area contributed by atoms with Crippen molar-refractivity contribution in [2.24, 2.45) is 5.10 Å². The Balaban J connectivity index is 1.32. The molecule has 1 N–H and O–H groups in total. The van der Waals surface area contributed by atoms with Crippen LogP contribution in [-0.2, 0) is 0 Å². The predicted molar refractivity (Wildman–Crippen MR) is 133 cm³/mol. The highest BCUT2D eigenvalue weighted by atomic mass is 16.5. The maximum absolute atomic E-state index is 11.9. The van der Waals surface area contributed by atoms with Crippen LogP contribution in [0.25, 0.3) is 0 Å². The number of rotatable bonds is 14. The molecule has 2 aromatic carbocycles. The summed E-state index contributed by atoms with van der Waals surface area (Å²) in [6.45, 7) is 3.80. The Morgan fingerprint density at radius 3 is 1.94 bits per heavy atom. The van der Waals surface area contributed by atoms with Gasteiger partial charge in [-0.15, -0.1) is 0 Å². The number of nitrogens with one attached hydrogen (secondary N) is 1. The molecule has 0 atom stereocenters. The van der Waals surface area contributed by atoms with Crippen molar-refractivity contribution in [3.05, 3.63) is 84.2 Å². The molecule has 3 rings (SSSR count). The molecular weight excluding hydrogens is 430 g/mol. The average molecular weight is 462 g/mol. The summed E-state index contributed by atoms with van der Waals surface area (Å²) in [4.78, 5) is 15.8. The Morgan fingerprint density at radius 1 is 0.794 bits per heavy atom. The van der Waals surface area contributed by atoms with Crippen LogP contribution in [0.4, 0.5) is 0 Å². The Hall–Kier alpha value is -3.87. The number of hydrogen-bond acceptors (Lipinski definition) is 6. The number of aromatic nitrogens is 1. The first kappa shape index (κ1) is 24.8. The number of unbranched alkanes of at least 4 members (excludes halogenated alkanes) is 3. The lowest BCUT2D eigenvalue weighted by Crippen LogP contribution is -2.17. The largest absolute Gasteiger partial charge is 0.494 e. The van der Waals surface area contributed by atoms with Crippen molar-refractivity contribution in [2.75, 3.05) is 19.8 Å². The second kappa shape index (κ2) is 14.3. The number of ether oxygens (including phenoxy) is 3. The quantitative estimate of drug-likeness (QED) is 0.201. The molecule has 0 saturated heterocycles. The minimum Gasteiger partial charge on any atom is -0.494 e. The Kier molecular flexibility index (Phi) is 10.4. The van der Waals surface area contributed by atoms with Gasteiger partial charge in [-0.3, -0.25) is 9.78 Å². The second-order valence-corrected chi connectivity index (χ2v) is 7.58. The molecule has 34 heavy (non-hydrogen) atoms. The van der Waals surface area contributed by atoms with Crippen LogP contribution < -0.4 is 19.6 Å². The van der Waals surface area contributed by atoms with Crippen LogP contribution in [0.2, 0.25) is 0 Å². The van der Waals surface area contributed by atoms with Crippen molar-refractivity contribution in [1.82, 2.24) is 10.4 Å². The molecule has 0 saturated carbocycles. The zero-order chi connectivity index (χ0) is 23.8. The molecule has 0 radical (unpaired) electrons. The maximum Gasteiger partial charge on any atom is 0.271 e. The van der Waals surface area contributed by atoms with E-state index in [9.17, 15) is 4.79 Å². The molecule has 0 aliphatic carbocycles. The summed E-state index contributed by atoms with van der Waals surface area (Å²) < 4.78 is 17.2. The van der Waals surface area contributed by atoms with Gasteiger partial charge in [-0.2, -0.15) is 5.10 Å². The van der Waals surface area contributed by atoms with E-state index >= 15 is 0 Å². The van der Waals surface area contributed by atoms with Crippen molar-refractivity contribution in [1.29, 1.82) is 0 Å². The maximum atomic E-state index is 11.9. The molecule has 0 fully saturated rings. The van der Waals surface area contributed by atoms with E-state index < -0.39 is 0 Å². The molecule has 3 aromatic rings. The predicted octanol–water partition coefficient (Wildman–Crippen LogP) is 5.26. The van der Waals surface area contributed by atoms with Crippen molar-refractivity contribution >= 4 is 12.1 Å². The number of hydrazone groups is 1. The van der Waals surface area contributed by atoms with Gasteiger partial charge in [0.05, 0.1) is 12.8 Å². The fraction of sp³-hybridized carbons (Fsp3) is 0.296. The van der Waals surface area contributed by atoms with Crippen molar-refractivity contribution in [3.8, 4) is 17.2 Å². The average Bonchev–Trinajstić information content (AvgIpc) is 2.88. The van der Waals surface area contributed by atoms with Crippen LogP contribution in [0.15, 0.2) is 78.2 Å². The van der Waals surface area contributed by atoms with Crippen LogP contribution in [-0.4, -0.2) is 36.9 Å². The highest BCUT2D eigenvalue weighted by molar-refractivity contribution is 5.94. The molecule has 0 aliphatic rings. The number of carbonyl (C=O) groups excluding carboxylic acids is 1. The molecule has 0 aliphatic heterocycles. The standard InChI is InChI=1S/C27H31N3O4/c1-2-3-4-5-18-32-25-10-12-26(13-11-25)34-20-19-33-24-8-6-22(7-9-24)21-29-30-27(31)23-14-16-28-17-15-23/h6-17,21H,2-5,18-20H2,1H3,(H,30,31). The summed E-state index contributed by atoms with van der Waals surface area (Å²) in [7, 11) is 0. The SMILES string of the molecule is CCCCCCOc1ccc(OCCOc2ccc(C=NNC(=O)c3ccncc3)cc2)cc1. The Morgan fingerprint density at radius 2 is 1.35 bits per heavy atom. The van der Waals surface area contributed by atoms with Gasteiger partial charge < -0.3 is 14.2 Å². The zero-order valence-electron chi connectivity index (χ0n) is 19.5. The van der Waals surface area contributed by atoms with Gasteiger partial charge in [0.15, 0.2) is 0 Å². The zero-order valence-corrected chi connectivity index (χ0v) is 19.5. The van der Waals surface area contributed by atoms with E-state index in [0.29, 0.717) is 18.8 Å². The van der Waals surface area contributed by atoms with Crippen molar-refractivity contribution in [3.63, 3.8) is 0 Å². The number of benzene rings is 2. The van der Waals surface area contributed by atoms with Crippen LogP contribution in [0, 0.1) is 0 Å². The van der Waals surface area contributed by atoms with E-state index in [2.05, 4.69) is 22.4 Å². The molecule has 0 spiro atoms. The summed E-state index contributed by atoms with van der Waals surface area (Å²) >= 11 is 0. The third-order valence-electron chi connectivity index (χ3n) is 4.91. The van der Waals surface area contributed by atoms with Gasteiger partial charge >= 0.3 is 0 Å². The number of pyridine rings is 1. The third kappa shape index (κ3) is 8.94.